The summed E-state index contributed by atoms with van der Waals surface area (Å²) >= 11 is 0. The fraction of sp³-hybridized carbons (Fsp3) is 0.471. The first-order chi connectivity index (χ1) is 10.8. The van der Waals surface area contributed by atoms with Gasteiger partial charge in [0.15, 0.2) is 6.10 Å². The zero-order valence-electron chi connectivity index (χ0n) is 12.6. The van der Waals surface area contributed by atoms with E-state index in [0.29, 0.717) is 0 Å². The highest BCUT2D eigenvalue weighted by Gasteiger charge is 2.20. The molecule has 22 heavy (non-hydrogen) atoms. The highest BCUT2D eigenvalue weighted by Crippen LogP contribution is 2.22. The minimum Gasteiger partial charge on any atom is -0.427 e. The van der Waals surface area contributed by atoms with Crippen molar-refractivity contribution in [3.8, 4) is 12.3 Å². The van der Waals surface area contributed by atoms with E-state index in [4.69, 9.17) is 11.2 Å². The largest absolute Gasteiger partial charge is 0.427 e. The smallest absolute Gasteiger partial charge is 0.423 e. The van der Waals surface area contributed by atoms with Crippen molar-refractivity contribution in [3.05, 3.63) is 34.9 Å². The van der Waals surface area contributed by atoms with Crippen LogP contribution in [0, 0.1) is 12.3 Å². The molecule has 1 aromatic carbocycles. The molecule has 0 saturated carbocycles. The summed E-state index contributed by atoms with van der Waals surface area (Å²) < 4.78 is 5.39. The Kier molecular flexibility index (Phi) is 4.62. The summed E-state index contributed by atoms with van der Waals surface area (Å²) in [7, 11) is 0. The number of hydrogen-bond donors (Lipinski definition) is 2. The molecule has 0 aliphatic carbocycles. The van der Waals surface area contributed by atoms with Gasteiger partial charge < -0.3 is 10.1 Å². The summed E-state index contributed by atoms with van der Waals surface area (Å²) in [5.74, 6) is 2.56. The number of carbonyl (C=O) groups excluding carboxylic acids is 1. The molecule has 1 amide bonds. The van der Waals surface area contributed by atoms with Crippen molar-refractivity contribution in [2.24, 2.45) is 0 Å². The quantitative estimate of drug-likeness (QED) is 0.835. The van der Waals surface area contributed by atoms with Crippen molar-refractivity contribution in [3.63, 3.8) is 0 Å². The minimum atomic E-state index is -0.658. The van der Waals surface area contributed by atoms with E-state index < -0.39 is 12.2 Å². The molecule has 5 nitrogen and oxygen atoms in total. The van der Waals surface area contributed by atoms with Gasteiger partial charge in [0, 0.05) is 25.2 Å². The van der Waals surface area contributed by atoms with Gasteiger partial charge in [-0.15, -0.1) is 6.42 Å². The van der Waals surface area contributed by atoms with Gasteiger partial charge >= 0.3 is 6.09 Å². The topological polar surface area (TPSA) is 53.6 Å². The van der Waals surface area contributed by atoms with Crippen LogP contribution < -0.4 is 10.7 Å². The summed E-state index contributed by atoms with van der Waals surface area (Å²) in [5.41, 5.74) is 6.15. The number of carbonyl (C=O) groups is 1. The zero-order valence-corrected chi connectivity index (χ0v) is 12.6. The van der Waals surface area contributed by atoms with Crippen LogP contribution in [0.5, 0.6) is 0 Å². The number of amides is 1. The van der Waals surface area contributed by atoms with E-state index in [9.17, 15) is 4.79 Å². The normalized spacial score (nSPS) is 19.0. The molecule has 1 aromatic rings. The van der Waals surface area contributed by atoms with Gasteiger partial charge in [-0.25, -0.2) is 9.80 Å². The van der Waals surface area contributed by atoms with E-state index >= 15 is 0 Å². The zero-order chi connectivity index (χ0) is 15.4. The van der Waals surface area contributed by atoms with Crippen LogP contribution in [0.1, 0.15) is 35.6 Å². The molecule has 2 aliphatic heterocycles. The van der Waals surface area contributed by atoms with Crippen LogP contribution in [0.2, 0.25) is 0 Å². The molecule has 2 heterocycles. The van der Waals surface area contributed by atoms with Crippen LogP contribution in [-0.2, 0) is 17.7 Å². The first kappa shape index (κ1) is 14.9. The number of rotatable bonds is 3. The molecule has 1 unspecified atom stereocenters. The number of benzene rings is 1. The highest BCUT2D eigenvalue weighted by atomic mass is 16.6. The Morgan fingerprint density at radius 3 is 2.95 bits per heavy atom. The Hall–Kier alpha value is -2.03. The molecule has 2 aliphatic rings. The Balaban J connectivity index is 1.65. The lowest BCUT2D eigenvalue weighted by Crippen LogP contribution is -2.40. The lowest BCUT2D eigenvalue weighted by Gasteiger charge is -2.21. The van der Waals surface area contributed by atoms with Crippen LogP contribution in [0.4, 0.5) is 4.79 Å². The Morgan fingerprint density at radius 2 is 2.18 bits per heavy atom. The van der Waals surface area contributed by atoms with Gasteiger partial charge in [-0.2, -0.15) is 0 Å². The second-order valence-corrected chi connectivity index (χ2v) is 5.71. The van der Waals surface area contributed by atoms with Crippen LogP contribution >= 0.6 is 0 Å². The summed E-state index contributed by atoms with van der Waals surface area (Å²) in [6.45, 7) is 3.56. The van der Waals surface area contributed by atoms with Crippen LogP contribution in [0.15, 0.2) is 18.2 Å². The molecule has 1 fully saturated rings. The van der Waals surface area contributed by atoms with E-state index in [-0.39, 0.29) is 0 Å². The van der Waals surface area contributed by atoms with Gasteiger partial charge in [-0.3, -0.25) is 5.43 Å². The fourth-order valence-electron chi connectivity index (χ4n) is 2.95. The third kappa shape index (κ3) is 3.41. The minimum absolute atomic E-state index is 0.485. The molecule has 2 N–H and O–H groups in total. The van der Waals surface area contributed by atoms with Gasteiger partial charge in [0.05, 0.1) is 0 Å². The number of ether oxygens (including phenoxy) is 1. The number of fused-ring (bicyclic) bond motifs is 1. The fourth-order valence-corrected chi connectivity index (χ4v) is 2.95. The molecular weight excluding hydrogens is 278 g/mol. The molecule has 3 rings (SSSR count). The lowest BCUT2D eigenvalue weighted by molar-refractivity contribution is 0.0957. The maximum absolute atomic E-state index is 11.9. The Bertz CT molecular complexity index is 588. The maximum atomic E-state index is 11.9. The third-order valence-corrected chi connectivity index (χ3v) is 4.15. The SMILES string of the molecule is C#CC(OC(=O)NN1CCCC1)c1ccc2c(c1)CNCC2. The Labute approximate surface area is 131 Å². The van der Waals surface area contributed by atoms with Gasteiger partial charge in [0.25, 0.3) is 0 Å². The molecule has 0 aromatic heterocycles. The summed E-state index contributed by atoms with van der Waals surface area (Å²) in [4.78, 5) is 11.9. The summed E-state index contributed by atoms with van der Waals surface area (Å²) in [5, 5.41) is 5.20. The van der Waals surface area contributed by atoms with E-state index in [1.54, 1.807) is 0 Å². The van der Waals surface area contributed by atoms with E-state index in [2.05, 4.69) is 22.7 Å². The van der Waals surface area contributed by atoms with Crippen molar-refractivity contribution in [1.29, 1.82) is 0 Å². The summed E-state index contributed by atoms with van der Waals surface area (Å²) in [6.07, 6.45) is 7.62. The first-order valence-electron chi connectivity index (χ1n) is 7.77. The number of nitrogens with zero attached hydrogens (tertiary/aromatic N) is 1. The number of nitrogens with one attached hydrogen (secondary N) is 2. The predicted octanol–water partition coefficient (Wildman–Crippen LogP) is 1.74. The van der Waals surface area contributed by atoms with Crippen LogP contribution in [0.25, 0.3) is 0 Å². The van der Waals surface area contributed by atoms with Crippen molar-refractivity contribution in [2.45, 2.75) is 31.9 Å². The molecular formula is C17H21N3O2. The Morgan fingerprint density at radius 1 is 1.36 bits per heavy atom. The highest BCUT2D eigenvalue weighted by molar-refractivity contribution is 5.67. The molecule has 116 valence electrons. The standard InChI is InChI=1S/C17H21N3O2/c1-2-16(22-17(21)19-20-9-3-4-10-20)14-6-5-13-7-8-18-12-15(13)11-14/h1,5-6,11,16,18H,3-4,7-10,12H2,(H,19,21). The molecule has 0 spiro atoms. The van der Waals surface area contributed by atoms with Crippen molar-refractivity contribution < 1.29 is 9.53 Å². The number of hydrazine groups is 1. The predicted molar refractivity (Wildman–Crippen MR) is 83.9 cm³/mol. The third-order valence-electron chi connectivity index (χ3n) is 4.15. The molecule has 1 atom stereocenters. The molecule has 5 heteroatoms. The molecule has 0 radical (unpaired) electrons. The lowest BCUT2D eigenvalue weighted by atomic mass is 9.97. The van der Waals surface area contributed by atoms with Gasteiger partial charge in [0.1, 0.15) is 0 Å². The average molecular weight is 299 g/mol. The van der Waals surface area contributed by atoms with Crippen molar-refractivity contribution >= 4 is 6.09 Å². The second kappa shape index (κ2) is 6.82. The van der Waals surface area contributed by atoms with Crippen LogP contribution in [0.3, 0.4) is 0 Å². The second-order valence-electron chi connectivity index (χ2n) is 5.71. The first-order valence-corrected chi connectivity index (χ1v) is 7.77. The average Bonchev–Trinajstić information content (AvgIpc) is 3.05. The number of terminal acetylenes is 1. The van der Waals surface area contributed by atoms with Gasteiger partial charge in [-0.1, -0.05) is 18.1 Å². The summed E-state index contributed by atoms with van der Waals surface area (Å²) in [6, 6.07) is 6.07. The van der Waals surface area contributed by atoms with E-state index in [1.807, 2.05) is 17.1 Å². The van der Waals surface area contributed by atoms with Crippen molar-refractivity contribution in [1.82, 2.24) is 15.8 Å². The van der Waals surface area contributed by atoms with Gasteiger partial charge in [-0.05, 0) is 43.0 Å². The molecule has 1 saturated heterocycles. The monoisotopic (exact) mass is 299 g/mol. The molecule has 0 bridgehead atoms. The van der Waals surface area contributed by atoms with Crippen molar-refractivity contribution in [2.75, 3.05) is 19.6 Å². The van der Waals surface area contributed by atoms with E-state index in [1.165, 1.54) is 11.1 Å². The van der Waals surface area contributed by atoms with Crippen LogP contribution in [-0.4, -0.2) is 30.7 Å². The maximum Gasteiger partial charge on any atom is 0.423 e. The number of hydrogen-bond acceptors (Lipinski definition) is 4. The van der Waals surface area contributed by atoms with E-state index in [0.717, 1.165) is 51.0 Å². The van der Waals surface area contributed by atoms with Gasteiger partial charge in [0.2, 0.25) is 0 Å².